The van der Waals surface area contributed by atoms with E-state index in [1.54, 1.807) is 6.08 Å². The number of esters is 1. The maximum atomic E-state index is 13.0. The zero-order chi connectivity index (χ0) is 55.9. The van der Waals surface area contributed by atoms with Crippen molar-refractivity contribution in [3.05, 3.63) is 85.1 Å². The van der Waals surface area contributed by atoms with Crippen LogP contribution in [0.4, 0.5) is 0 Å². The van der Waals surface area contributed by atoms with E-state index in [2.05, 4.69) is 92.1 Å². The highest BCUT2D eigenvalue weighted by Gasteiger charge is 2.44. The second-order valence-corrected chi connectivity index (χ2v) is 21.3. The van der Waals surface area contributed by atoms with Gasteiger partial charge in [-0.1, -0.05) is 227 Å². The molecule has 1 rings (SSSR count). The van der Waals surface area contributed by atoms with Gasteiger partial charge in [0.2, 0.25) is 5.91 Å². The van der Waals surface area contributed by atoms with Crippen LogP contribution in [0.1, 0.15) is 258 Å². The Morgan fingerprint density at radius 2 is 0.922 bits per heavy atom. The molecule has 0 aromatic heterocycles. The number of carbonyl (C=O) groups excluding carboxylic acids is 2. The highest BCUT2D eigenvalue weighted by Crippen LogP contribution is 2.23. The van der Waals surface area contributed by atoms with Gasteiger partial charge in [0.25, 0.3) is 0 Å². The number of hydrogen-bond donors (Lipinski definition) is 6. The summed E-state index contributed by atoms with van der Waals surface area (Å²) >= 11 is 0. The third-order valence-corrected chi connectivity index (χ3v) is 14.2. The van der Waals surface area contributed by atoms with Gasteiger partial charge in [-0.25, -0.2) is 0 Å². The van der Waals surface area contributed by atoms with E-state index in [0.717, 1.165) is 96.3 Å². The van der Waals surface area contributed by atoms with Crippen LogP contribution < -0.4 is 5.32 Å². The lowest BCUT2D eigenvalue weighted by Gasteiger charge is -2.40. The molecule has 6 N–H and O–H groups in total. The van der Waals surface area contributed by atoms with E-state index in [4.69, 9.17) is 14.2 Å². The van der Waals surface area contributed by atoms with E-state index in [1.165, 1.54) is 135 Å². The molecule has 7 unspecified atom stereocenters. The van der Waals surface area contributed by atoms with E-state index in [-0.39, 0.29) is 18.5 Å². The summed E-state index contributed by atoms with van der Waals surface area (Å²) in [6, 6.07) is -0.840. The Hall–Kier alpha value is -3.16. The van der Waals surface area contributed by atoms with Gasteiger partial charge in [0.15, 0.2) is 6.29 Å². The second-order valence-electron chi connectivity index (χ2n) is 21.3. The van der Waals surface area contributed by atoms with Crippen molar-refractivity contribution in [3.8, 4) is 0 Å². The van der Waals surface area contributed by atoms with Crippen LogP contribution in [0, 0.1) is 0 Å². The highest BCUT2D eigenvalue weighted by molar-refractivity contribution is 5.76. The van der Waals surface area contributed by atoms with Crippen molar-refractivity contribution in [1.82, 2.24) is 5.32 Å². The Kier molecular flexibility index (Phi) is 51.1. The van der Waals surface area contributed by atoms with Gasteiger partial charge in [-0.05, 0) is 103 Å². The van der Waals surface area contributed by atoms with Gasteiger partial charge in [-0.3, -0.25) is 9.59 Å². The van der Waals surface area contributed by atoms with Crippen molar-refractivity contribution >= 4 is 11.9 Å². The van der Waals surface area contributed by atoms with E-state index in [9.17, 15) is 35.1 Å². The fourth-order valence-electron chi connectivity index (χ4n) is 9.28. The Morgan fingerprint density at radius 3 is 1.42 bits per heavy atom. The number of aliphatic hydroxyl groups excluding tert-OH is 5. The molecule has 0 bridgehead atoms. The third kappa shape index (κ3) is 44.3. The molecule has 1 saturated heterocycles. The summed E-state index contributed by atoms with van der Waals surface area (Å²) < 4.78 is 16.6. The van der Waals surface area contributed by atoms with Crippen molar-refractivity contribution in [2.24, 2.45) is 0 Å². The van der Waals surface area contributed by atoms with Crippen molar-refractivity contribution in [1.29, 1.82) is 0 Å². The monoisotopic (exact) mass is 1080 g/mol. The average molecular weight is 1080 g/mol. The topological polar surface area (TPSA) is 175 Å². The van der Waals surface area contributed by atoms with Gasteiger partial charge in [0, 0.05) is 12.8 Å². The van der Waals surface area contributed by atoms with Crippen molar-refractivity contribution in [2.45, 2.75) is 301 Å². The molecule has 0 aromatic carbocycles. The largest absolute Gasteiger partial charge is 0.465 e. The average Bonchev–Trinajstić information content (AvgIpc) is 3.43. The first-order valence-corrected chi connectivity index (χ1v) is 31.4. The highest BCUT2D eigenvalue weighted by atomic mass is 16.7. The maximum absolute atomic E-state index is 13.0. The Morgan fingerprint density at radius 1 is 0.494 bits per heavy atom. The molecule has 11 nitrogen and oxygen atoms in total. The summed E-state index contributed by atoms with van der Waals surface area (Å²) in [5, 5.41) is 54.2. The maximum Gasteiger partial charge on any atom is 0.305 e. The third-order valence-electron chi connectivity index (χ3n) is 14.2. The number of carbonyl (C=O) groups is 2. The van der Waals surface area contributed by atoms with Crippen LogP contribution in [0.15, 0.2) is 85.1 Å². The number of aliphatic hydroxyl groups is 5. The number of amides is 1. The molecule has 77 heavy (non-hydrogen) atoms. The minimum absolute atomic E-state index is 0.0578. The summed E-state index contributed by atoms with van der Waals surface area (Å²) in [5.74, 6) is -0.263. The van der Waals surface area contributed by atoms with Gasteiger partial charge in [0.05, 0.1) is 32.0 Å². The molecule has 444 valence electrons. The normalized spacial score (nSPS) is 19.2. The summed E-state index contributed by atoms with van der Waals surface area (Å²) in [4.78, 5) is 25.1. The SMILES string of the molecule is CC/C=C/CC/C=C/CC/C=C/C(O)C(COC1OC(CO)C(O)C(O)C1O)NC(=O)CCCCCCCCCCCCCCCC/C=C\C/C=C\CCOC(=O)CCCCCCCCC/C=C\C/C=C\CCCCCC. The minimum atomic E-state index is -1.58. The minimum Gasteiger partial charge on any atom is -0.465 e. The molecule has 0 aliphatic carbocycles. The number of allylic oxidation sites excluding steroid dienone is 12. The van der Waals surface area contributed by atoms with E-state index >= 15 is 0 Å². The Balaban J connectivity index is 2.03. The standard InChI is InChI=1S/C66H115NO10/c1-3-5-7-9-11-13-15-16-17-18-25-28-31-34-38-42-46-50-54-62(71)75-55-51-47-43-39-35-32-29-26-23-21-19-20-22-24-27-30-33-37-41-45-49-53-61(70)67-58(57-76-66-65(74)64(73)63(72)60(56-68)77-66)59(69)52-48-44-40-36-14-12-10-8-6-4-2/h6,8,13-15,17-18,32,35-36,43,47-48,52,58-60,63-66,68-69,72-74H,3-5,7,9-12,16,19-31,33-34,37-42,44-46,49-51,53-57H2,1-2H3,(H,67,70)/b8-6+,15-13-,18-17-,35-32-,36-14+,47-43-,52-48+. The predicted octanol–water partition coefficient (Wildman–Crippen LogP) is 14.9. The smallest absolute Gasteiger partial charge is 0.305 e. The van der Waals surface area contributed by atoms with Crippen LogP contribution >= 0.6 is 0 Å². The predicted molar refractivity (Wildman–Crippen MR) is 319 cm³/mol. The Labute approximate surface area is 470 Å². The van der Waals surface area contributed by atoms with Gasteiger partial charge in [-0.15, -0.1) is 0 Å². The molecule has 1 fully saturated rings. The molecule has 1 heterocycles. The fraction of sp³-hybridized carbons (Fsp3) is 0.758. The molecule has 1 aliphatic heterocycles. The summed E-state index contributed by atoms with van der Waals surface area (Å²) in [7, 11) is 0. The quantitative estimate of drug-likeness (QED) is 0.0195. The van der Waals surface area contributed by atoms with Gasteiger partial charge >= 0.3 is 5.97 Å². The molecular formula is C66H115NO10. The van der Waals surface area contributed by atoms with Crippen LogP contribution in [-0.2, 0) is 23.8 Å². The molecule has 0 radical (unpaired) electrons. The van der Waals surface area contributed by atoms with Gasteiger partial charge in [-0.2, -0.15) is 0 Å². The number of unbranched alkanes of at least 4 members (excludes halogenated alkanes) is 27. The lowest BCUT2D eigenvalue weighted by Crippen LogP contribution is -2.60. The summed E-state index contributed by atoms with van der Waals surface area (Å²) in [6.07, 6.45) is 64.3. The van der Waals surface area contributed by atoms with Gasteiger partial charge in [0.1, 0.15) is 24.4 Å². The first-order valence-electron chi connectivity index (χ1n) is 31.4. The van der Waals surface area contributed by atoms with E-state index in [1.807, 2.05) is 6.08 Å². The lowest BCUT2D eigenvalue weighted by molar-refractivity contribution is -0.302. The van der Waals surface area contributed by atoms with Crippen molar-refractivity contribution in [2.75, 3.05) is 19.8 Å². The van der Waals surface area contributed by atoms with Crippen molar-refractivity contribution in [3.63, 3.8) is 0 Å². The first-order chi connectivity index (χ1) is 37.7. The molecule has 0 spiro atoms. The van der Waals surface area contributed by atoms with Gasteiger partial charge < -0.3 is 45.1 Å². The van der Waals surface area contributed by atoms with Crippen LogP contribution in [0.25, 0.3) is 0 Å². The number of ether oxygens (including phenoxy) is 3. The molecule has 7 atom stereocenters. The molecule has 0 saturated carbocycles. The first kappa shape index (κ1) is 71.9. The van der Waals surface area contributed by atoms with Crippen LogP contribution in [0.3, 0.4) is 0 Å². The molecule has 11 heteroatoms. The number of hydrogen-bond acceptors (Lipinski definition) is 10. The molecule has 1 aliphatic rings. The number of nitrogens with one attached hydrogen (secondary N) is 1. The summed E-state index contributed by atoms with van der Waals surface area (Å²) in [6.45, 7) is 4.06. The lowest BCUT2D eigenvalue weighted by atomic mass is 9.99. The van der Waals surface area contributed by atoms with Crippen LogP contribution in [0.5, 0.6) is 0 Å². The van der Waals surface area contributed by atoms with Crippen molar-refractivity contribution < 1.29 is 49.3 Å². The Bertz CT molecular complexity index is 1550. The molecular weight excluding hydrogens is 967 g/mol. The van der Waals surface area contributed by atoms with E-state index < -0.39 is 49.5 Å². The molecule has 0 aromatic rings. The van der Waals surface area contributed by atoms with E-state index in [0.29, 0.717) is 19.4 Å². The zero-order valence-electron chi connectivity index (χ0n) is 48.9. The molecule has 1 amide bonds. The second kappa shape index (κ2) is 54.8. The zero-order valence-corrected chi connectivity index (χ0v) is 48.9. The van der Waals surface area contributed by atoms with Crippen LogP contribution in [-0.4, -0.2) is 100 Å². The number of rotatable bonds is 53. The summed E-state index contributed by atoms with van der Waals surface area (Å²) in [5.41, 5.74) is 0. The fourth-order valence-corrected chi connectivity index (χ4v) is 9.28. The van der Waals surface area contributed by atoms with Crippen LogP contribution in [0.2, 0.25) is 0 Å².